The van der Waals surface area contributed by atoms with E-state index in [-0.39, 0.29) is 6.61 Å². The van der Waals surface area contributed by atoms with Gasteiger partial charge in [-0.25, -0.2) is 4.79 Å². The van der Waals surface area contributed by atoms with E-state index in [0.29, 0.717) is 6.54 Å². The minimum Gasteiger partial charge on any atom is -0.445 e. The Hall–Kier alpha value is -4.09. The van der Waals surface area contributed by atoms with E-state index in [1.807, 2.05) is 73.6 Å². The summed E-state index contributed by atoms with van der Waals surface area (Å²) in [4.78, 5) is 13.6. The Labute approximate surface area is 178 Å². The van der Waals surface area contributed by atoms with Crippen LogP contribution >= 0.6 is 0 Å². The van der Waals surface area contributed by atoms with E-state index in [2.05, 4.69) is 52.7 Å². The second-order valence-corrected chi connectivity index (χ2v) is 6.37. The first-order valence-corrected chi connectivity index (χ1v) is 9.35. The largest absolute Gasteiger partial charge is 0.445 e. The van der Waals surface area contributed by atoms with Crippen molar-refractivity contribution in [3.8, 4) is 47.4 Å². The summed E-state index contributed by atoms with van der Waals surface area (Å²) in [5.41, 5.74) is 2.62. The quantitative estimate of drug-likeness (QED) is 0.793. The molecule has 0 heterocycles. The van der Waals surface area contributed by atoms with Gasteiger partial charge in [0.2, 0.25) is 0 Å². The van der Waals surface area contributed by atoms with Crippen LogP contribution in [0.5, 0.6) is 0 Å². The number of amides is 1. The molecular formula is C26H22N2O2. The molecule has 0 aliphatic carbocycles. The number of rotatable bonds is 5. The molecule has 0 spiro atoms. The van der Waals surface area contributed by atoms with Crippen LogP contribution in [0.1, 0.15) is 16.7 Å². The lowest BCUT2D eigenvalue weighted by atomic mass is 10.1. The zero-order chi connectivity index (χ0) is 21.4. The normalized spacial score (nSPS) is 8.77. The number of alkyl carbamates (subject to hydrolysis) is 1. The molecule has 30 heavy (non-hydrogen) atoms. The lowest BCUT2D eigenvalue weighted by Gasteiger charge is -2.10. The third-order valence-corrected chi connectivity index (χ3v) is 3.65. The van der Waals surface area contributed by atoms with Gasteiger partial charge < -0.3 is 15.0 Å². The van der Waals surface area contributed by atoms with Crippen molar-refractivity contribution in [2.24, 2.45) is 0 Å². The average Bonchev–Trinajstić information content (AvgIpc) is 2.75. The molecule has 0 fully saturated rings. The zero-order valence-electron chi connectivity index (χ0n) is 17.1. The molecule has 2 rings (SSSR count). The predicted octanol–water partition coefficient (Wildman–Crippen LogP) is 2.88. The van der Waals surface area contributed by atoms with E-state index in [9.17, 15) is 4.79 Å². The number of nitrogens with one attached hydrogen (secondary N) is 1. The predicted molar refractivity (Wildman–Crippen MR) is 119 cm³/mol. The Morgan fingerprint density at radius 2 is 1.40 bits per heavy atom. The van der Waals surface area contributed by atoms with Gasteiger partial charge in [-0.2, -0.15) is 0 Å². The van der Waals surface area contributed by atoms with Crippen molar-refractivity contribution in [3.63, 3.8) is 0 Å². The molecule has 0 saturated carbocycles. The van der Waals surface area contributed by atoms with Crippen molar-refractivity contribution in [2.45, 2.75) is 6.61 Å². The molecule has 0 atom stereocenters. The summed E-state index contributed by atoms with van der Waals surface area (Å²) in [6.07, 6.45) is -0.425. The fourth-order valence-corrected chi connectivity index (χ4v) is 2.12. The second kappa shape index (κ2) is 13.1. The van der Waals surface area contributed by atoms with E-state index in [1.165, 1.54) is 0 Å². The maximum atomic E-state index is 11.6. The third kappa shape index (κ3) is 9.73. The van der Waals surface area contributed by atoms with Crippen molar-refractivity contribution in [1.82, 2.24) is 10.2 Å². The highest BCUT2D eigenvalue weighted by Crippen LogP contribution is 2.05. The van der Waals surface area contributed by atoms with Crippen molar-refractivity contribution < 1.29 is 9.53 Å². The fourth-order valence-electron chi connectivity index (χ4n) is 2.12. The molecule has 0 radical (unpaired) electrons. The van der Waals surface area contributed by atoms with Gasteiger partial charge in [0.1, 0.15) is 6.61 Å². The molecule has 0 aliphatic rings. The summed E-state index contributed by atoms with van der Waals surface area (Å²) in [6, 6.07) is 17.1. The number of likely N-dealkylation sites (N-methyl/N-ethyl adjacent to an activating group) is 1. The minimum atomic E-state index is -0.425. The fraction of sp³-hybridized carbons (Fsp3) is 0.192. The van der Waals surface area contributed by atoms with E-state index in [4.69, 9.17) is 4.74 Å². The van der Waals surface area contributed by atoms with Gasteiger partial charge in [-0.15, -0.1) is 0 Å². The van der Waals surface area contributed by atoms with Gasteiger partial charge in [0.05, 0.1) is 0 Å². The average molecular weight is 394 g/mol. The Kier molecular flexibility index (Phi) is 9.73. The molecule has 0 aromatic heterocycles. The van der Waals surface area contributed by atoms with Crippen LogP contribution in [0.25, 0.3) is 0 Å². The second-order valence-electron chi connectivity index (χ2n) is 6.37. The van der Waals surface area contributed by atoms with Crippen molar-refractivity contribution >= 4 is 6.09 Å². The van der Waals surface area contributed by atoms with Crippen molar-refractivity contribution in [1.29, 1.82) is 0 Å². The Morgan fingerprint density at radius 3 is 2.00 bits per heavy atom. The standard InChI is InChI=1S/C26H22N2O2/c1-28(2)21-20-27-26(29)30-22-25-18-16-24(17-19-25)15-9-6-4-3-5-8-12-23-13-10-7-11-14-23/h7,10-11,13-14,16-19H,20-22H2,1-2H3,(H,27,29). The smallest absolute Gasteiger partial charge is 0.407 e. The molecule has 4 nitrogen and oxygen atoms in total. The van der Waals surface area contributed by atoms with Gasteiger partial charge in [0.15, 0.2) is 0 Å². The van der Waals surface area contributed by atoms with Crippen LogP contribution in [0.15, 0.2) is 54.6 Å². The van der Waals surface area contributed by atoms with E-state index >= 15 is 0 Å². The van der Waals surface area contributed by atoms with Crippen LogP contribution in [-0.4, -0.2) is 38.2 Å². The van der Waals surface area contributed by atoms with E-state index < -0.39 is 6.09 Å². The Balaban J connectivity index is 1.76. The molecule has 2 aromatic carbocycles. The van der Waals surface area contributed by atoms with Gasteiger partial charge in [0, 0.05) is 24.2 Å². The molecule has 0 unspecified atom stereocenters. The molecule has 1 N–H and O–H groups in total. The first-order valence-electron chi connectivity index (χ1n) is 9.35. The molecular weight excluding hydrogens is 372 g/mol. The summed E-state index contributed by atoms with van der Waals surface area (Å²) >= 11 is 0. The Morgan fingerprint density at radius 1 is 0.833 bits per heavy atom. The number of carbonyl (C=O) groups excluding carboxylic acids is 1. The van der Waals surface area contributed by atoms with Crippen LogP contribution < -0.4 is 5.32 Å². The number of carbonyl (C=O) groups is 1. The highest BCUT2D eigenvalue weighted by Gasteiger charge is 2.02. The highest BCUT2D eigenvalue weighted by atomic mass is 16.5. The number of nitrogens with zero attached hydrogens (tertiary/aromatic N) is 1. The summed E-state index contributed by atoms with van der Waals surface area (Å²) in [5, 5.41) is 2.70. The van der Waals surface area contributed by atoms with Gasteiger partial charge in [-0.05, 0) is 79.4 Å². The van der Waals surface area contributed by atoms with Crippen molar-refractivity contribution in [3.05, 3.63) is 71.3 Å². The Bertz CT molecular complexity index is 1070. The van der Waals surface area contributed by atoms with Crippen molar-refractivity contribution in [2.75, 3.05) is 27.2 Å². The summed E-state index contributed by atoms with van der Waals surface area (Å²) in [5.74, 6) is 22.0. The SMILES string of the molecule is CN(C)CCNC(=O)OCc1ccc(C#CC#CC#CC#Cc2ccccc2)cc1. The van der Waals surface area contributed by atoms with E-state index in [1.54, 1.807) is 0 Å². The maximum absolute atomic E-state index is 11.6. The topological polar surface area (TPSA) is 41.6 Å². The first kappa shape index (κ1) is 22.2. The molecule has 0 bridgehead atoms. The van der Waals surface area contributed by atoms with Crippen LogP contribution in [0, 0.1) is 47.4 Å². The number of benzene rings is 2. The zero-order valence-corrected chi connectivity index (χ0v) is 17.1. The van der Waals surface area contributed by atoms with Gasteiger partial charge in [-0.1, -0.05) is 42.2 Å². The van der Waals surface area contributed by atoms with Gasteiger partial charge in [0.25, 0.3) is 0 Å². The number of hydrogen-bond donors (Lipinski definition) is 1. The van der Waals surface area contributed by atoms with E-state index in [0.717, 1.165) is 23.2 Å². The molecule has 148 valence electrons. The molecule has 1 amide bonds. The van der Waals surface area contributed by atoms with Gasteiger partial charge in [-0.3, -0.25) is 0 Å². The molecule has 2 aromatic rings. The number of ether oxygens (including phenoxy) is 1. The summed E-state index contributed by atoms with van der Waals surface area (Å²) in [7, 11) is 3.89. The van der Waals surface area contributed by atoms with Gasteiger partial charge >= 0.3 is 6.09 Å². The lowest BCUT2D eigenvalue weighted by molar-refractivity contribution is 0.139. The van der Waals surface area contributed by atoms with Crippen LogP contribution in [0.2, 0.25) is 0 Å². The third-order valence-electron chi connectivity index (χ3n) is 3.65. The number of hydrogen-bond acceptors (Lipinski definition) is 3. The summed E-state index contributed by atoms with van der Waals surface area (Å²) < 4.78 is 5.17. The molecule has 0 aliphatic heterocycles. The first-order chi connectivity index (χ1) is 14.6. The molecule has 0 saturated heterocycles. The highest BCUT2D eigenvalue weighted by molar-refractivity contribution is 5.67. The summed E-state index contributed by atoms with van der Waals surface area (Å²) in [6.45, 7) is 1.52. The monoisotopic (exact) mass is 394 g/mol. The minimum absolute atomic E-state index is 0.209. The van der Waals surface area contributed by atoms with Crippen LogP contribution in [-0.2, 0) is 11.3 Å². The lowest BCUT2D eigenvalue weighted by Crippen LogP contribution is -2.31. The van der Waals surface area contributed by atoms with Crippen LogP contribution in [0.4, 0.5) is 4.79 Å². The molecule has 4 heteroatoms. The maximum Gasteiger partial charge on any atom is 0.407 e. The van der Waals surface area contributed by atoms with Crippen LogP contribution in [0.3, 0.4) is 0 Å².